The molecule has 0 amide bonds. The van der Waals surface area contributed by atoms with E-state index in [4.69, 9.17) is 19.1 Å². The number of fused-ring (bicyclic) bond motifs is 5. The molecule has 6 rings (SSSR count). The third-order valence-corrected chi connectivity index (χ3v) is 5.78. The number of benzene rings is 1. The van der Waals surface area contributed by atoms with Crippen molar-refractivity contribution in [2.24, 2.45) is 7.05 Å². The molecule has 1 unspecified atom stereocenters. The lowest BCUT2D eigenvalue weighted by Gasteiger charge is -2.11. The second-order valence-electron chi connectivity index (χ2n) is 7.66. The first-order chi connectivity index (χ1) is 14.7. The molecule has 2 aliphatic heterocycles. The van der Waals surface area contributed by atoms with Crippen molar-refractivity contribution in [3.05, 3.63) is 47.9 Å². The highest BCUT2D eigenvalue weighted by Gasteiger charge is 2.29. The Labute approximate surface area is 172 Å². The summed E-state index contributed by atoms with van der Waals surface area (Å²) in [4.78, 5) is 9.30. The van der Waals surface area contributed by atoms with Crippen molar-refractivity contribution in [1.29, 1.82) is 0 Å². The average molecular weight is 404 g/mol. The summed E-state index contributed by atoms with van der Waals surface area (Å²) in [6.45, 7) is 1.35. The minimum Gasteiger partial charge on any atom is -0.497 e. The molecule has 3 aromatic heterocycles. The van der Waals surface area contributed by atoms with E-state index in [1.165, 1.54) is 0 Å². The van der Waals surface area contributed by atoms with Crippen LogP contribution in [0.1, 0.15) is 29.5 Å². The molecule has 1 atom stereocenters. The number of rotatable bonds is 3. The van der Waals surface area contributed by atoms with Gasteiger partial charge in [0.05, 0.1) is 36.7 Å². The van der Waals surface area contributed by atoms with Crippen LogP contribution in [-0.2, 0) is 18.2 Å². The van der Waals surface area contributed by atoms with Crippen LogP contribution in [0.3, 0.4) is 0 Å². The Balaban J connectivity index is 1.51. The predicted octanol–water partition coefficient (Wildman–Crippen LogP) is 2.74. The molecule has 1 saturated heterocycles. The first-order valence-corrected chi connectivity index (χ1v) is 9.90. The van der Waals surface area contributed by atoms with E-state index in [0.717, 1.165) is 52.7 Å². The Morgan fingerprint density at radius 2 is 2.17 bits per heavy atom. The summed E-state index contributed by atoms with van der Waals surface area (Å²) in [5.41, 5.74) is 5.78. The van der Waals surface area contributed by atoms with Gasteiger partial charge in [0, 0.05) is 37.4 Å². The highest BCUT2D eigenvalue weighted by molar-refractivity contribution is 5.77. The molecule has 0 radical (unpaired) electrons. The monoisotopic (exact) mass is 404 g/mol. The van der Waals surface area contributed by atoms with E-state index in [2.05, 4.69) is 19.7 Å². The molecule has 0 N–H and O–H groups in total. The average Bonchev–Trinajstić information content (AvgIpc) is 3.53. The molecular weight excluding hydrogens is 384 g/mol. The summed E-state index contributed by atoms with van der Waals surface area (Å²) in [5.74, 6) is 2.07. The Morgan fingerprint density at radius 3 is 3.00 bits per heavy atom. The largest absolute Gasteiger partial charge is 0.497 e. The quantitative estimate of drug-likeness (QED) is 0.456. The zero-order chi connectivity index (χ0) is 20.2. The molecule has 0 spiro atoms. The number of nitrogens with zero attached hydrogens (tertiary/aromatic N) is 6. The summed E-state index contributed by atoms with van der Waals surface area (Å²) < 4.78 is 20.4. The van der Waals surface area contributed by atoms with Crippen LogP contribution in [0.5, 0.6) is 5.75 Å². The van der Waals surface area contributed by atoms with Crippen molar-refractivity contribution >= 4 is 0 Å². The third-order valence-electron chi connectivity index (χ3n) is 5.78. The summed E-state index contributed by atoms with van der Waals surface area (Å²) in [7, 11) is 3.60. The van der Waals surface area contributed by atoms with Gasteiger partial charge in [-0.25, -0.2) is 4.98 Å². The van der Waals surface area contributed by atoms with Crippen LogP contribution in [0, 0.1) is 0 Å². The summed E-state index contributed by atoms with van der Waals surface area (Å²) in [6.07, 6.45) is 5.42. The number of methoxy groups -OCH3 is 1. The molecule has 1 fully saturated rings. The molecule has 9 heteroatoms. The van der Waals surface area contributed by atoms with Crippen LogP contribution in [0.2, 0.25) is 0 Å². The fourth-order valence-corrected chi connectivity index (χ4v) is 4.28. The summed E-state index contributed by atoms with van der Waals surface area (Å²) >= 11 is 0. The Bertz CT molecular complexity index is 1250. The van der Waals surface area contributed by atoms with Crippen molar-refractivity contribution in [3.63, 3.8) is 0 Å². The molecular formula is C21H20N6O3. The van der Waals surface area contributed by atoms with Crippen LogP contribution < -0.4 is 4.74 Å². The zero-order valence-electron chi connectivity index (χ0n) is 16.7. The van der Waals surface area contributed by atoms with Gasteiger partial charge in [0.15, 0.2) is 0 Å². The van der Waals surface area contributed by atoms with Crippen molar-refractivity contribution in [2.75, 3.05) is 20.3 Å². The second kappa shape index (κ2) is 6.53. The Kier molecular flexibility index (Phi) is 3.79. The van der Waals surface area contributed by atoms with Gasteiger partial charge in [0.25, 0.3) is 0 Å². The van der Waals surface area contributed by atoms with Gasteiger partial charge < -0.3 is 18.6 Å². The highest BCUT2D eigenvalue weighted by Crippen LogP contribution is 2.38. The van der Waals surface area contributed by atoms with Crippen molar-refractivity contribution in [2.45, 2.75) is 18.8 Å². The maximum absolute atomic E-state index is 5.54. The second-order valence-corrected chi connectivity index (χ2v) is 7.66. The molecule has 4 aromatic rings. The number of hydrogen-bond donors (Lipinski definition) is 0. The Hall–Kier alpha value is -3.46. The van der Waals surface area contributed by atoms with E-state index in [1.807, 2.05) is 42.5 Å². The lowest BCUT2D eigenvalue weighted by Crippen LogP contribution is -2.01. The minimum absolute atomic E-state index is 0.158. The first kappa shape index (κ1) is 17.4. The predicted molar refractivity (Wildman–Crippen MR) is 107 cm³/mol. The molecule has 2 aliphatic rings. The maximum atomic E-state index is 5.54. The van der Waals surface area contributed by atoms with E-state index < -0.39 is 0 Å². The maximum Gasteiger partial charge on any atom is 0.232 e. The van der Waals surface area contributed by atoms with Gasteiger partial charge >= 0.3 is 0 Å². The van der Waals surface area contributed by atoms with E-state index in [-0.39, 0.29) is 5.92 Å². The topological polar surface area (TPSA) is 93.0 Å². The number of aryl methyl sites for hydroxylation is 1. The first-order valence-electron chi connectivity index (χ1n) is 9.90. The van der Waals surface area contributed by atoms with E-state index in [0.29, 0.717) is 24.7 Å². The van der Waals surface area contributed by atoms with Gasteiger partial charge in [0.1, 0.15) is 17.8 Å². The smallest absolute Gasteiger partial charge is 0.232 e. The van der Waals surface area contributed by atoms with Gasteiger partial charge in [-0.15, -0.1) is 0 Å². The molecule has 30 heavy (non-hydrogen) atoms. The molecule has 5 heterocycles. The molecule has 0 bridgehead atoms. The van der Waals surface area contributed by atoms with Gasteiger partial charge in [-0.1, -0.05) is 5.16 Å². The lowest BCUT2D eigenvalue weighted by atomic mass is 10.0. The summed E-state index contributed by atoms with van der Waals surface area (Å²) in [5, 5.41) is 8.94. The molecule has 0 aliphatic carbocycles. The molecule has 9 nitrogen and oxygen atoms in total. The fraction of sp³-hybridized carbons (Fsp3) is 0.333. The van der Waals surface area contributed by atoms with E-state index >= 15 is 0 Å². The Morgan fingerprint density at radius 1 is 1.23 bits per heavy atom. The van der Waals surface area contributed by atoms with Gasteiger partial charge in [0.2, 0.25) is 11.7 Å². The minimum atomic E-state index is 0.158. The number of hydrogen-bond acceptors (Lipinski definition) is 7. The number of aromatic nitrogens is 6. The molecule has 0 saturated carbocycles. The van der Waals surface area contributed by atoms with Crippen molar-refractivity contribution in [3.8, 4) is 34.2 Å². The van der Waals surface area contributed by atoms with Gasteiger partial charge in [-0.3, -0.25) is 4.68 Å². The summed E-state index contributed by atoms with van der Waals surface area (Å²) in [6, 6.07) is 6.00. The number of ether oxygens (including phenoxy) is 2. The number of imidazole rings is 1. The van der Waals surface area contributed by atoms with Crippen LogP contribution >= 0.6 is 0 Å². The van der Waals surface area contributed by atoms with Crippen LogP contribution in [0.4, 0.5) is 0 Å². The van der Waals surface area contributed by atoms with Crippen molar-refractivity contribution in [1.82, 2.24) is 29.5 Å². The van der Waals surface area contributed by atoms with Crippen molar-refractivity contribution < 1.29 is 14.0 Å². The normalized spacial score (nSPS) is 17.3. The van der Waals surface area contributed by atoms with Gasteiger partial charge in [-0.2, -0.15) is 10.1 Å². The lowest BCUT2D eigenvalue weighted by molar-refractivity contribution is 0.189. The highest BCUT2D eigenvalue weighted by atomic mass is 16.5. The van der Waals surface area contributed by atoms with E-state index in [1.54, 1.807) is 7.11 Å². The van der Waals surface area contributed by atoms with Crippen LogP contribution in [0.15, 0.2) is 35.2 Å². The molecule has 1 aromatic carbocycles. The van der Waals surface area contributed by atoms with Gasteiger partial charge in [-0.05, 0) is 24.6 Å². The van der Waals surface area contributed by atoms with E-state index in [9.17, 15) is 0 Å². The standard InChI is InChI=1S/C21H20N6O3/c1-26-9-13-7-17-19(20-23-21(30-25-20)12-5-6-29-10-12)22-11-27(17)16-4-3-14(28-2)8-15(16)18(13)24-26/h3-4,8-9,11-12H,5-7,10H2,1-2H3. The fourth-order valence-electron chi connectivity index (χ4n) is 4.28. The molecule has 152 valence electrons. The zero-order valence-corrected chi connectivity index (χ0v) is 16.7. The van der Waals surface area contributed by atoms with Crippen LogP contribution in [-0.4, -0.2) is 49.8 Å². The SMILES string of the molecule is COc1ccc2c(c1)-c1nn(C)cc1Cc1c(-c3noc(C4CCOC4)n3)ncn1-2. The van der Waals surface area contributed by atoms with Crippen LogP contribution in [0.25, 0.3) is 28.5 Å². The third kappa shape index (κ3) is 2.58.